The summed E-state index contributed by atoms with van der Waals surface area (Å²) in [5.74, 6) is 0.324. The van der Waals surface area contributed by atoms with Crippen molar-refractivity contribution in [3.63, 3.8) is 0 Å². The fraction of sp³-hybridized carbons (Fsp3) is 0.500. The summed E-state index contributed by atoms with van der Waals surface area (Å²) >= 11 is 0. The summed E-state index contributed by atoms with van der Waals surface area (Å²) in [5, 5.41) is 11.9. The molecule has 1 amide bonds. The maximum Gasteiger partial charge on any atom is 0.229 e. The number of hydrogen-bond acceptors (Lipinski definition) is 3. The number of carbonyl (C=O) groups is 1. The monoisotopic (exact) mass is 251 g/mol. The molecule has 0 aliphatic carbocycles. The van der Waals surface area contributed by atoms with Gasteiger partial charge in [0.15, 0.2) is 0 Å². The van der Waals surface area contributed by atoms with Crippen LogP contribution in [0.15, 0.2) is 18.2 Å². The van der Waals surface area contributed by atoms with E-state index in [1.54, 1.807) is 6.07 Å². The van der Waals surface area contributed by atoms with Crippen LogP contribution < -0.4 is 10.1 Å². The van der Waals surface area contributed by atoms with E-state index in [0.29, 0.717) is 13.0 Å². The van der Waals surface area contributed by atoms with Crippen molar-refractivity contribution in [2.45, 2.75) is 27.2 Å². The van der Waals surface area contributed by atoms with Gasteiger partial charge >= 0.3 is 0 Å². The highest BCUT2D eigenvalue weighted by Crippen LogP contribution is 2.22. The van der Waals surface area contributed by atoms with Crippen molar-refractivity contribution < 1.29 is 14.6 Å². The molecule has 0 aliphatic rings. The molecule has 0 spiro atoms. The maximum absolute atomic E-state index is 11.8. The van der Waals surface area contributed by atoms with E-state index in [-0.39, 0.29) is 18.4 Å². The number of carbonyl (C=O) groups excluding carboxylic acids is 1. The van der Waals surface area contributed by atoms with E-state index in [1.807, 2.05) is 32.9 Å². The lowest BCUT2D eigenvalue weighted by molar-refractivity contribution is -0.121. The first-order valence-electron chi connectivity index (χ1n) is 6.27. The maximum atomic E-state index is 11.8. The van der Waals surface area contributed by atoms with Crippen molar-refractivity contribution in [3.05, 3.63) is 23.8 Å². The molecule has 0 aliphatic heterocycles. The van der Waals surface area contributed by atoms with Gasteiger partial charge in [-0.2, -0.15) is 0 Å². The summed E-state index contributed by atoms with van der Waals surface area (Å²) in [6.45, 7) is 6.24. The average molecular weight is 251 g/mol. The molecule has 1 unspecified atom stereocenters. The van der Waals surface area contributed by atoms with Gasteiger partial charge in [-0.25, -0.2) is 0 Å². The topological polar surface area (TPSA) is 58.6 Å². The van der Waals surface area contributed by atoms with Crippen molar-refractivity contribution >= 4 is 11.6 Å². The molecule has 0 heterocycles. The predicted octanol–water partition coefficient (Wildman–Crippen LogP) is 2.35. The molecule has 1 aromatic rings. The number of benzene rings is 1. The van der Waals surface area contributed by atoms with Crippen LogP contribution in [-0.2, 0) is 4.79 Å². The van der Waals surface area contributed by atoms with Crippen molar-refractivity contribution in [2.75, 3.05) is 18.5 Å². The van der Waals surface area contributed by atoms with Gasteiger partial charge in [0.25, 0.3) is 0 Å². The summed E-state index contributed by atoms with van der Waals surface area (Å²) in [4.78, 5) is 11.8. The zero-order valence-electron chi connectivity index (χ0n) is 11.2. The normalized spacial score (nSPS) is 12.0. The highest BCUT2D eigenvalue weighted by molar-refractivity contribution is 5.92. The molecular formula is C14H21NO3. The number of anilines is 1. The Hall–Kier alpha value is -1.55. The van der Waals surface area contributed by atoms with E-state index >= 15 is 0 Å². The quantitative estimate of drug-likeness (QED) is 0.816. The summed E-state index contributed by atoms with van der Waals surface area (Å²) in [6, 6.07) is 5.52. The first-order valence-corrected chi connectivity index (χ1v) is 6.27. The molecular weight excluding hydrogens is 230 g/mol. The minimum atomic E-state index is -0.350. The van der Waals surface area contributed by atoms with Crippen LogP contribution in [0.3, 0.4) is 0 Å². The van der Waals surface area contributed by atoms with Crippen molar-refractivity contribution in [2.24, 2.45) is 5.92 Å². The van der Waals surface area contributed by atoms with E-state index in [1.165, 1.54) is 0 Å². The third kappa shape index (κ3) is 3.74. The van der Waals surface area contributed by atoms with Crippen LogP contribution in [0, 0.1) is 12.8 Å². The lowest BCUT2D eigenvalue weighted by atomic mass is 10.1. The third-order valence-corrected chi connectivity index (χ3v) is 2.83. The third-order valence-electron chi connectivity index (χ3n) is 2.83. The second-order valence-electron chi connectivity index (χ2n) is 4.19. The van der Waals surface area contributed by atoms with Gasteiger partial charge in [0, 0.05) is 5.69 Å². The minimum absolute atomic E-state index is 0.127. The first-order chi connectivity index (χ1) is 8.62. The number of hydrogen-bond donors (Lipinski definition) is 2. The Bertz CT molecular complexity index is 400. The number of aliphatic hydroxyl groups is 1. The smallest absolute Gasteiger partial charge is 0.229 e. The molecule has 1 aromatic carbocycles. The van der Waals surface area contributed by atoms with E-state index in [0.717, 1.165) is 17.0 Å². The fourth-order valence-corrected chi connectivity index (χ4v) is 1.69. The summed E-state index contributed by atoms with van der Waals surface area (Å²) in [5.41, 5.74) is 1.71. The van der Waals surface area contributed by atoms with Gasteiger partial charge in [-0.1, -0.05) is 6.92 Å². The number of amides is 1. The largest absolute Gasteiger partial charge is 0.494 e. The molecule has 0 aromatic heterocycles. The SMILES string of the molecule is CCOc1ccc(NC(=O)C(CC)CO)cc1C. The molecule has 0 radical (unpaired) electrons. The fourth-order valence-electron chi connectivity index (χ4n) is 1.69. The Balaban J connectivity index is 2.74. The van der Waals surface area contributed by atoms with Gasteiger partial charge in [-0.3, -0.25) is 4.79 Å². The summed E-state index contributed by atoms with van der Waals surface area (Å²) < 4.78 is 5.43. The minimum Gasteiger partial charge on any atom is -0.494 e. The van der Waals surface area contributed by atoms with Crippen LogP contribution in [0.25, 0.3) is 0 Å². The molecule has 1 rings (SSSR count). The van der Waals surface area contributed by atoms with Crippen LogP contribution >= 0.6 is 0 Å². The number of ether oxygens (including phenoxy) is 1. The first kappa shape index (κ1) is 14.5. The van der Waals surface area contributed by atoms with Gasteiger partial charge in [0.2, 0.25) is 5.91 Å². The molecule has 0 fully saturated rings. The highest BCUT2D eigenvalue weighted by Gasteiger charge is 2.15. The molecule has 100 valence electrons. The Kier molecular flexibility index (Phi) is 5.65. The Morgan fingerprint density at radius 3 is 2.67 bits per heavy atom. The van der Waals surface area contributed by atoms with Gasteiger partial charge in [0.05, 0.1) is 19.1 Å². The lowest BCUT2D eigenvalue weighted by Gasteiger charge is -2.13. The molecule has 2 N–H and O–H groups in total. The van der Waals surface area contributed by atoms with Crippen LogP contribution in [0.2, 0.25) is 0 Å². The predicted molar refractivity (Wildman–Crippen MR) is 71.8 cm³/mol. The van der Waals surface area contributed by atoms with Gasteiger partial charge < -0.3 is 15.2 Å². The summed E-state index contributed by atoms with van der Waals surface area (Å²) in [6.07, 6.45) is 0.623. The van der Waals surface area contributed by atoms with Crippen LogP contribution in [-0.4, -0.2) is 24.2 Å². The number of aryl methyl sites for hydroxylation is 1. The molecule has 1 atom stereocenters. The molecule has 18 heavy (non-hydrogen) atoms. The van der Waals surface area contributed by atoms with E-state index in [9.17, 15) is 4.79 Å². The van der Waals surface area contributed by atoms with Crippen molar-refractivity contribution in [1.29, 1.82) is 0 Å². The molecule has 4 heteroatoms. The van der Waals surface area contributed by atoms with Gasteiger partial charge in [-0.05, 0) is 44.0 Å². The highest BCUT2D eigenvalue weighted by atomic mass is 16.5. The van der Waals surface area contributed by atoms with E-state index in [4.69, 9.17) is 9.84 Å². The van der Waals surface area contributed by atoms with Crippen molar-refractivity contribution in [3.8, 4) is 5.75 Å². The average Bonchev–Trinajstić information content (AvgIpc) is 2.34. The number of nitrogens with one attached hydrogen (secondary N) is 1. The van der Waals surface area contributed by atoms with Crippen LogP contribution in [0.4, 0.5) is 5.69 Å². The van der Waals surface area contributed by atoms with E-state index in [2.05, 4.69) is 5.32 Å². The number of aliphatic hydroxyl groups excluding tert-OH is 1. The Morgan fingerprint density at radius 2 is 2.17 bits per heavy atom. The van der Waals surface area contributed by atoms with Crippen LogP contribution in [0.1, 0.15) is 25.8 Å². The molecule has 0 saturated heterocycles. The Labute approximate surface area is 108 Å². The standard InChI is InChI=1S/C14H21NO3/c1-4-11(9-16)14(17)15-12-6-7-13(18-5-2)10(3)8-12/h6-8,11,16H,4-5,9H2,1-3H3,(H,15,17). The molecule has 0 saturated carbocycles. The van der Waals surface area contributed by atoms with Gasteiger partial charge in [0.1, 0.15) is 5.75 Å². The second kappa shape index (κ2) is 7.01. The Morgan fingerprint density at radius 1 is 1.44 bits per heavy atom. The molecule has 4 nitrogen and oxygen atoms in total. The zero-order chi connectivity index (χ0) is 13.5. The van der Waals surface area contributed by atoms with Crippen LogP contribution in [0.5, 0.6) is 5.75 Å². The molecule has 0 bridgehead atoms. The second-order valence-corrected chi connectivity index (χ2v) is 4.19. The zero-order valence-corrected chi connectivity index (χ0v) is 11.2. The summed E-state index contributed by atoms with van der Waals surface area (Å²) in [7, 11) is 0. The van der Waals surface area contributed by atoms with Gasteiger partial charge in [-0.15, -0.1) is 0 Å². The van der Waals surface area contributed by atoms with Crippen molar-refractivity contribution in [1.82, 2.24) is 0 Å². The number of rotatable bonds is 6. The van der Waals surface area contributed by atoms with E-state index < -0.39 is 0 Å². The lowest BCUT2D eigenvalue weighted by Crippen LogP contribution is -2.25.